The molecule has 0 saturated carbocycles. The molecule has 1 aromatic rings. The SMILES string of the molecule is CC1=C(C)C[C@H]2C(=O)N(CCOc3cccc(C)c3C)C(=O)[C@H]2C1. The molecule has 0 N–H and O–H groups in total. The van der Waals surface area contributed by atoms with Crippen molar-refractivity contribution in [1.82, 2.24) is 4.90 Å². The van der Waals surface area contributed by atoms with Gasteiger partial charge in [0, 0.05) is 0 Å². The lowest BCUT2D eigenvalue weighted by Gasteiger charge is -2.23. The van der Waals surface area contributed by atoms with Crippen LogP contribution in [0.4, 0.5) is 0 Å². The first kappa shape index (κ1) is 16.7. The number of benzene rings is 1. The van der Waals surface area contributed by atoms with Crippen molar-refractivity contribution in [3.63, 3.8) is 0 Å². The quantitative estimate of drug-likeness (QED) is 0.629. The van der Waals surface area contributed by atoms with Crippen LogP contribution in [0, 0.1) is 25.7 Å². The highest BCUT2D eigenvalue weighted by Gasteiger charge is 2.48. The Labute approximate surface area is 143 Å². The number of allylic oxidation sites excluding steroid dienone is 2. The Bertz CT molecular complexity index is 688. The highest BCUT2D eigenvalue weighted by atomic mass is 16.5. The second-order valence-electron chi connectivity index (χ2n) is 7.06. The Morgan fingerprint density at radius 3 is 2.17 bits per heavy atom. The second kappa shape index (κ2) is 6.42. The number of ether oxygens (including phenoxy) is 1. The van der Waals surface area contributed by atoms with Crippen molar-refractivity contribution in [2.75, 3.05) is 13.2 Å². The fraction of sp³-hybridized carbons (Fsp3) is 0.500. The van der Waals surface area contributed by atoms with Gasteiger partial charge >= 0.3 is 0 Å². The molecule has 0 radical (unpaired) electrons. The van der Waals surface area contributed by atoms with Gasteiger partial charge in [0.15, 0.2) is 0 Å². The number of aryl methyl sites for hydroxylation is 1. The van der Waals surface area contributed by atoms with E-state index in [0.717, 1.165) is 24.2 Å². The lowest BCUT2D eigenvalue weighted by Crippen LogP contribution is -2.34. The van der Waals surface area contributed by atoms with E-state index >= 15 is 0 Å². The lowest BCUT2D eigenvalue weighted by atomic mass is 9.78. The fourth-order valence-electron chi connectivity index (χ4n) is 3.67. The van der Waals surface area contributed by atoms with Crippen LogP contribution in [0.15, 0.2) is 29.3 Å². The first-order valence-corrected chi connectivity index (χ1v) is 8.59. The van der Waals surface area contributed by atoms with Crippen LogP contribution in [-0.2, 0) is 9.59 Å². The second-order valence-corrected chi connectivity index (χ2v) is 7.06. The Morgan fingerprint density at radius 2 is 1.58 bits per heavy atom. The number of carbonyl (C=O) groups excluding carboxylic acids is 2. The molecule has 4 heteroatoms. The molecule has 1 heterocycles. The van der Waals surface area contributed by atoms with Crippen LogP contribution >= 0.6 is 0 Å². The maximum Gasteiger partial charge on any atom is 0.233 e. The number of carbonyl (C=O) groups is 2. The van der Waals surface area contributed by atoms with Crippen molar-refractivity contribution in [2.24, 2.45) is 11.8 Å². The molecule has 4 nitrogen and oxygen atoms in total. The summed E-state index contributed by atoms with van der Waals surface area (Å²) in [6.45, 7) is 8.86. The molecule has 3 rings (SSSR count). The summed E-state index contributed by atoms with van der Waals surface area (Å²) in [7, 11) is 0. The van der Waals surface area contributed by atoms with Gasteiger partial charge in [-0.25, -0.2) is 0 Å². The molecule has 2 atom stereocenters. The molecule has 1 aromatic carbocycles. The molecule has 1 fully saturated rings. The largest absolute Gasteiger partial charge is 0.491 e. The monoisotopic (exact) mass is 327 g/mol. The number of fused-ring (bicyclic) bond motifs is 1. The smallest absolute Gasteiger partial charge is 0.233 e. The highest BCUT2D eigenvalue weighted by molar-refractivity contribution is 6.05. The van der Waals surface area contributed by atoms with Gasteiger partial charge in [-0.1, -0.05) is 23.3 Å². The average Bonchev–Trinajstić information content (AvgIpc) is 2.77. The Kier molecular flexibility index (Phi) is 4.48. The topological polar surface area (TPSA) is 46.6 Å². The van der Waals surface area contributed by atoms with E-state index in [0.29, 0.717) is 13.2 Å². The normalized spacial score (nSPS) is 23.8. The van der Waals surface area contributed by atoms with Gasteiger partial charge in [-0.3, -0.25) is 14.5 Å². The third-order valence-corrected chi connectivity index (χ3v) is 5.56. The van der Waals surface area contributed by atoms with Crippen LogP contribution in [0.3, 0.4) is 0 Å². The minimum absolute atomic E-state index is 0.0265. The summed E-state index contributed by atoms with van der Waals surface area (Å²) in [6.07, 6.45) is 1.44. The summed E-state index contributed by atoms with van der Waals surface area (Å²) >= 11 is 0. The Hall–Kier alpha value is -2.10. The van der Waals surface area contributed by atoms with Gasteiger partial charge in [-0.15, -0.1) is 0 Å². The summed E-state index contributed by atoms with van der Waals surface area (Å²) in [5, 5.41) is 0. The molecule has 0 bridgehead atoms. The summed E-state index contributed by atoms with van der Waals surface area (Å²) in [6, 6.07) is 5.92. The molecule has 128 valence electrons. The number of amides is 2. The number of hydrogen-bond donors (Lipinski definition) is 0. The van der Waals surface area contributed by atoms with Crippen LogP contribution in [0.5, 0.6) is 5.75 Å². The van der Waals surface area contributed by atoms with Crippen LogP contribution in [0.1, 0.15) is 37.8 Å². The zero-order valence-corrected chi connectivity index (χ0v) is 14.9. The van der Waals surface area contributed by atoms with E-state index in [9.17, 15) is 9.59 Å². The lowest BCUT2D eigenvalue weighted by molar-refractivity contribution is -0.140. The van der Waals surface area contributed by atoms with Gasteiger partial charge in [-0.2, -0.15) is 0 Å². The minimum atomic E-state index is -0.165. The van der Waals surface area contributed by atoms with E-state index in [4.69, 9.17) is 4.74 Å². The van der Waals surface area contributed by atoms with Crippen LogP contribution in [0.25, 0.3) is 0 Å². The predicted octanol–water partition coefficient (Wildman–Crippen LogP) is 3.41. The first-order valence-electron chi connectivity index (χ1n) is 8.59. The zero-order valence-electron chi connectivity index (χ0n) is 14.9. The van der Waals surface area contributed by atoms with Crippen molar-refractivity contribution >= 4 is 11.8 Å². The standard InChI is InChI=1S/C20H25NO3/c1-12-6-5-7-18(15(12)4)24-9-8-21-19(22)16-10-13(2)14(3)11-17(16)20(21)23/h5-7,16-17H,8-11H2,1-4H3/t16-,17+. The molecular weight excluding hydrogens is 302 g/mol. The van der Waals surface area contributed by atoms with Crippen molar-refractivity contribution in [3.05, 3.63) is 40.5 Å². The maximum atomic E-state index is 12.6. The number of likely N-dealkylation sites (tertiary alicyclic amines) is 1. The van der Waals surface area contributed by atoms with E-state index < -0.39 is 0 Å². The van der Waals surface area contributed by atoms with Gasteiger partial charge in [0.1, 0.15) is 12.4 Å². The zero-order chi connectivity index (χ0) is 17.4. The Morgan fingerprint density at radius 1 is 1.00 bits per heavy atom. The predicted molar refractivity (Wildman–Crippen MR) is 92.7 cm³/mol. The van der Waals surface area contributed by atoms with E-state index in [-0.39, 0.29) is 23.7 Å². The van der Waals surface area contributed by atoms with E-state index in [1.54, 1.807) is 0 Å². The number of imide groups is 1. The minimum Gasteiger partial charge on any atom is -0.491 e. The molecule has 2 aliphatic rings. The van der Waals surface area contributed by atoms with Crippen molar-refractivity contribution < 1.29 is 14.3 Å². The first-order chi connectivity index (χ1) is 11.4. The molecule has 1 aliphatic heterocycles. The average molecular weight is 327 g/mol. The molecule has 1 saturated heterocycles. The van der Waals surface area contributed by atoms with Gasteiger partial charge in [-0.05, 0) is 57.7 Å². The molecular formula is C20H25NO3. The van der Waals surface area contributed by atoms with Gasteiger partial charge in [0.05, 0.1) is 18.4 Å². The maximum absolute atomic E-state index is 12.6. The van der Waals surface area contributed by atoms with Gasteiger partial charge in [0.25, 0.3) is 0 Å². The Balaban J connectivity index is 1.64. The number of hydrogen-bond acceptors (Lipinski definition) is 3. The van der Waals surface area contributed by atoms with E-state index in [1.807, 2.05) is 32.0 Å². The van der Waals surface area contributed by atoms with Crippen LogP contribution < -0.4 is 4.74 Å². The van der Waals surface area contributed by atoms with Crippen molar-refractivity contribution in [2.45, 2.75) is 40.5 Å². The number of rotatable bonds is 4. The van der Waals surface area contributed by atoms with Crippen molar-refractivity contribution in [1.29, 1.82) is 0 Å². The van der Waals surface area contributed by atoms with Crippen molar-refractivity contribution in [3.8, 4) is 5.75 Å². The molecule has 24 heavy (non-hydrogen) atoms. The van der Waals surface area contributed by atoms with Crippen LogP contribution in [0.2, 0.25) is 0 Å². The molecule has 1 aliphatic carbocycles. The van der Waals surface area contributed by atoms with E-state index in [2.05, 4.69) is 13.8 Å². The third-order valence-electron chi connectivity index (χ3n) is 5.56. The highest BCUT2D eigenvalue weighted by Crippen LogP contribution is 2.40. The van der Waals surface area contributed by atoms with E-state index in [1.165, 1.54) is 21.6 Å². The van der Waals surface area contributed by atoms with Gasteiger partial charge < -0.3 is 4.74 Å². The van der Waals surface area contributed by atoms with Gasteiger partial charge in [0.2, 0.25) is 11.8 Å². The molecule has 2 amide bonds. The summed E-state index contributed by atoms with van der Waals surface area (Å²) in [4.78, 5) is 26.6. The number of nitrogens with zero attached hydrogens (tertiary/aromatic N) is 1. The molecule has 0 aromatic heterocycles. The molecule has 0 unspecified atom stereocenters. The summed E-state index contributed by atoms with van der Waals surface area (Å²) in [5.41, 5.74) is 4.78. The van der Waals surface area contributed by atoms with Crippen LogP contribution in [-0.4, -0.2) is 29.9 Å². The fourth-order valence-corrected chi connectivity index (χ4v) is 3.67. The summed E-state index contributed by atoms with van der Waals surface area (Å²) in [5.74, 6) is 0.437. The third kappa shape index (κ3) is 2.85. The summed E-state index contributed by atoms with van der Waals surface area (Å²) < 4.78 is 5.82. The molecule has 0 spiro atoms.